The zero-order valence-corrected chi connectivity index (χ0v) is 25.3. The first-order valence-corrected chi connectivity index (χ1v) is 16.6. The number of sulfone groups is 1. The van der Waals surface area contributed by atoms with Crippen LogP contribution in [0.1, 0.15) is 16.8 Å². The topological polar surface area (TPSA) is 128 Å². The van der Waals surface area contributed by atoms with Gasteiger partial charge >= 0.3 is 0 Å². The molecule has 222 valence electrons. The highest BCUT2D eigenvalue weighted by Gasteiger charge is 2.27. The van der Waals surface area contributed by atoms with Gasteiger partial charge in [0.1, 0.15) is 51.5 Å². The molecule has 0 saturated carbocycles. The van der Waals surface area contributed by atoms with Gasteiger partial charge in [0.15, 0.2) is 0 Å². The van der Waals surface area contributed by atoms with Gasteiger partial charge in [-0.3, -0.25) is 9.48 Å². The summed E-state index contributed by atoms with van der Waals surface area (Å²) in [5, 5.41) is 11.9. The van der Waals surface area contributed by atoms with Crippen molar-refractivity contribution in [1.29, 1.82) is 0 Å². The Balaban J connectivity index is 1.19. The number of hydrogen-bond donors (Lipinski definition) is 2. The molecule has 5 aromatic rings. The molecule has 0 unspecified atom stereocenters. The first-order valence-electron chi connectivity index (χ1n) is 13.3. The van der Waals surface area contributed by atoms with Crippen molar-refractivity contribution < 1.29 is 22.3 Å². The number of carbonyl (C=O) groups is 1. The number of fused-ring (bicyclic) bond motifs is 5. The zero-order chi connectivity index (χ0) is 30.1. The van der Waals surface area contributed by atoms with Crippen molar-refractivity contribution in [2.75, 3.05) is 23.9 Å². The molecule has 0 radical (unpaired) electrons. The second-order valence-corrected chi connectivity index (χ2v) is 13.8. The Morgan fingerprint density at radius 2 is 2.05 bits per heavy atom. The molecule has 2 N–H and O–H groups in total. The van der Waals surface area contributed by atoms with Gasteiger partial charge in [-0.1, -0.05) is 23.7 Å². The van der Waals surface area contributed by atoms with Gasteiger partial charge in [0.05, 0.1) is 21.9 Å². The van der Waals surface area contributed by atoms with Gasteiger partial charge in [0, 0.05) is 35.1 Å². The van der Waals surface area contributed by atoms with Crippen LogP contribution in [0.5, 0.6) is 5.75 Å². The normalized spacial score (nSPS) is 12.5. The van der Waals surface area contributed by atoms with Crippen LogP contribution in [0.15, 0.2) is 55.0 Å². The fraction of sp³-hybridized carbons (Fsp3) is 0.241. The lowest BCUT2D eigenvalue weighted by atomic mass is 9.95. The number of nitrogens with one attached hydrogen (secondary N) is 2. The lowest BCUT2D eigenvalue weighted by Gasteiger charge is -2.13. The highest BCUT2D eigenvalue weighted by atomic mass is 35.5. The van der Waals surface area contributed by atoms with Crippen molar-refractivity contribution in [2.24, 2.45) is 0 Å². The van der Waals surface area contributed by atoms with E-state index >= 15 is 0 Å². The van der Waals surface area contributed by atoms with Crippen molar-refractivity contribution in [3.63, 3.8) is 0 Å². The second-order valence-electron chi connectivity index (χ2n) is 10.2. The zero-order valence-electron chi connectivity index (χ0n) is 22.9. The maximum Gasteiger partial charge on any atom is 0.241 e. The molecule has 0 aliphatic heterocycles. The van der Waals surface area contributed by atoms with Crippen LogP contribution < -0.4 is 15.4 Å². The number of halogens is 2. The van der Waals surface area contributed by atoms with Crippen LogP contribution in [0.4, 0.5) is 15.9 Å². The van der Waals surface area contributed by atoms with Crippen LogP contribution >= 0.6 is 22.9 Å². The van der Waals surface area contributed by atoms with Gasteiger partial charge in [-0.2, -0.15) is 5.10 Å². The van der Waals surface area contributed by atoms with E-state index in [2.05, 4.69) is 25.7 Å². The number of rotatable bonds is 10. The van der Waals surface area contributed by atoms with Gasteiger partial charge < -0.3 is 15.4 Å². The predicted octanol–water partition coefficient (Wildman–Crippen LogP) is 4.93. The number of benzene rings is 2. The van der Waals surface area contributed by atoms with Gasteiger partial charge in [-0.25, -0.2) is 22.8 Å². The van der Waals surface area contributed by atoms with E-state index in [-0.39, 0.29) is 37.2 Å². The molecule has 0 atom stereocenters. The molecule has 0 spiro atoms. The molecule has 1 aliphatic rings. The minimum Gasteiger partial charge on any atom is -0.487 e. The second kappa shape index (κ2) is 11.9. The number of thiophene rings is 1. The van der Waals surface area contributed by atoms with E-state index in [4.69, 9.17) is 16.3 Å². The highest BCUT2D eigenvalue weighted by Crippen LogP contribution is 2.45. The Hall–Kier alpha value is -4.07. The van der Waals surface area contributed by atoms with Crippen LogP contribution in [-0.4, -0.2) is 52.6 Å². The molecule has 3 heterocycles. The minimum absolute atomic E-state index is 0.00763. The summed E-state index contributed by atoms with van der Waals surface area (Å²) in [4.78, 5) is 23.2. The average molecular weight is 641 g/mol. The fourth-order valence-electron chi connectivity index (χ4n) is 4.90. The van der Waals surface area contributed by atoms with E-state index in [1.165, 1.54) is 18.5 Å². The van der Waals surface area contributed by atoms with Crippen molar-refractivity contribution in [2.45, 2.75) is 26.0 Å². The summed E-state index contributed by atoms with van der Waals surface area (Å²) >= 11 is 8.06. The first-order chi connectivity index (χ1) is 20.6. The molecule has 1 amide bonds. The number of nitrogens with zero attached hydrogens (tertiary/aromatic N) is 4. The van der Waals surface area contributed by atoms with Gasteiger partial charge in [0.2, 0.25) is 5.91 Å². The van der Waals surface area contributed by atoms with Crippen LogP contribution in [0.2, 0.25) is 5.02 Å². The molecular weight excluding hydrogens is 615 g/mol. The Morgan fingerprint density at radius 1 is 1.19 bits per heavy atom. The van der Waals surface area contributed by atoms with E-state index in [0.29, 0.717) is 34.3 Å². The van der Waals surface area contributed by atoms with Crippen LogP contribution in [0.25, 0.3) is 20.7 Å². The monoisotopic (exact) mass is 640 g/mol. The molecule has 0 bridgehead atoms. The average Bonchev–Trinajstić information content (AvgIpc) is 3.53. The van der Waals surface area contributed by atoms with E-state index in [1.54, 1.807) is 40.3 Å². The number of aromatic nitrogens is 4. The molecule has 3 aromatic heterocycles. The van der Waals surface area contributed by atoms with Crippen molar-refractivity contribution in [3.8, 4) is 16.2 Å². The summed E-state index contributed by atoms with van der Waals surface area (Å²) < 4.78 is 43.5. The maximum atomic E-state index is 13.5. The molecule has 0 saturated heterocycles. The van der Waals surface area contributed by atoms with Crippen molar-refractivity contribution >= 4 is 60.4 Å². The molecular formula is C29H26ClFN6O4S2. The number of amides is 1. The molecule has 6 rings (SSSR count). The lowest BCUT2D eigenvalue weighted by molar-refractivity contribution is -0.121. The molecule has 14 heteroatoms. The Labute approximate surface area is 255 Å². The largest absolute Gasteiger partial charge is 0.487 e. The highest BCUT2D eigenvalue weighted by molar-refractivity contribution is 7.90. The molecule has 2 aromatic carbocycles. The summed E-state index contributed by atoms with van der Waals surface area (Å²) in [5.74, 6) is 0.382. The van der Waals surface area contributed by atoms with E-state index in [1.807, 2.05) is 12.3 Å². The summed E-state index contributed by atoms with van der Waals surface area (Å²) in [5.41, 5.74) is 4.36. The van der Waals surface area contributed by atoms with E-state index < -0.39 is 9.84 Å². The van der Waals surface area contributed by atoms with Crippen LogP contribution in [-0.2, 0) is 40.6 Å². The molecule has 0 fully saturated rings. The molecule has 1 aliphatic carbocycles. The Morgan fingerprint density at radius 3 is 2.84 bits per heavy atom. The maximum absolute atomic E-state index is 13.5. The quantitative estimate of drug-likeness (QED) is 0.220. The summed E-state index contributed by atoms with van der Waals surface area (Å²) in [7, 11) is -3.16. The van der Waals surface area contributed by atoms with Gasteiger partial charge in [-0.15, -0.1) is 11.3 Å². The number of hydrogen-bond acceptors (Lipinski definition) is 9. The smallest absolute Gasteiger partial charge is 0.241 e. The van der Waals surface area contributed by atoms with Gasteiger partial charge in [-0.05, 0) is 54.3 Å². The Bertz CT molecular complexity index is 1960. The molecule has 10 nitrogen and oxygen atoms in total. The van der Waals surface area contributed by atoms with Gasteiger partial charge in [0.25, 0.3) is 0 Å². The number of aryl methyl sites for hydroxylation is 2. The molecule has 43 heavy (non-hydrogen) atoms. The lowest BCUT2D eigenvalue weighted by Crippen LogP contribution is -2.31. The van der Waals surface area contributed by atoms with E-state index in [0.717, 1.165) is 44.6 Å². The van der Waals surface area contributed by atoms with Crippen molar-refractivity contribution in [3.05, 3.63) is 82.6 Å². The van der Waals surface area contributed by atoms with Crippen LogP contribution in [0, 0.1) is 5.82 Å². The number of carbonyl (C=O) groups excluding carboxylic acids is 1. The third kappa shape index (κ3) is 6.63. The third-order valence-electron chi connectivity index (χ3n) is 6.86. The summed E-state index contributed by atoms with van der Waals surface area (Å²) in [6.07, 6.45) is 5.91. The number of anilines is 2. The summed E-state index contributed by atoms with van der Waals surface area (Å²) in [6, 6.07) is 11.6. The SMILES string of the molecule is CS(=O)(=O)CCNC(=O)Cn1cc2c(n1)CCc1c-2sc2ncnc(Nc3ccc(OCc4cccc(F)c4)c(Cl)c3)c12. The summed E-state index contributed by atoms with van der Waals surface area (Å²) in [6.45, 7) is 0.236. The fourth-order valence-corrected chi connectivity index (χ4v) is 6.83. The van der Waals surface area contributed by atoms with Crippen molar-refractivity contribution in [1.82, 2.24) is 25.1 Å². The standard InChI is InChI=1S/C29H26ClFN6O4S2/c1-43(39,40)10-9-32-25(38)14-37-13-21-23(36-37)7-6-20-26-28(33-16-34-29(26)42-27(20)21)35-19-5-8-24(22(30)12-19)41-15-17-3-2-4-18(31)11-17/h2-5,8,11-13,16H,6-7,9-10,14-15H2,1H3,(H,32,38)(H,33,34,35). The predicted molar refractivity (Wildman–Crippen MR) is 164 cm³/mol. The number of ether oxygens (including phenoxy) is 1. The van der Waals surface area contributed by atoms with Crippen LogP contribution in [0.3, 0.4) is 0 Å². The van der Waals surface area contributed by atoms with E-state index in [9.17, 15) is 17.6 Å². The minimum atomic E-state index is -3.16. The Kier molecular flexibility index (Phi) is 8.03. The third-order valence-corrected chi connectivity index (χ3v) is 9.27. The first kappa shape index (κ1) is 29.0.